The predicted molar refractivity (Wildman–Crippen MR) is 73.3 cm³/mol. The van der Waals surface area contributed by atoms with Crippen molar-refractivity contribution in [2.75, 3.05) is 6.54 Å². The Morgan fingerprint density at radius 2 is 1.82 bits per heavy atom. The number of hydrogen-bond acceptors (Lipinski definition) is 2. The molecule has 2 N–H and O–H groups in total. The van der Waals surface area contributed by atoms with E-state index in [1.807, 2.05) is 38.1 Å². The lowest BCUT2D eigenvalue weighted by Gasteiger charge is -2.34. The molecule has 0 fully saturated rings. The normalized spacial score (nSPS) is 15.6. The van der Waals surface area contributed by atoms with Crippen LogP contribution in [0.15, 0.2) is 24.3 Å². The fraction of sp³-hybridized carbons (Fsp3) is 0.571. The molecule has 2 unspecified atom stereocenters. The first-order chi connectivity index (χ1) is 7.86. The van der Waals surface area contributed by atoms with Gasteiger partial charge in [-0.3, -0.25) is 0 Å². The Morgan fingerprint density at radius 3 is 2.24 bits per heavy atom. The van der Waals surface area contributed by atoms with Crippen LogP contribution in [0.5, 0.6) is 0 Å². The van der Waals surface area contributed by atoms with E-state index in [0.717, 1.165) is 17.1 Å². The molecule has 0 saturated carbocycles. The first-order valence-electron chi connectivity index (χ1n) is 6.07. The van der Waals surface area contributed by atoms with Crippen molar-refractivity contribution in [1.82, 2.24) is 5.32 Å². The SMILES string of the molecule is CCNC(c1ccc(Cl)cc1)C(C)C(C)(C)O. The van der Waals surface area contributed by atoms with Gasteiger partial charge in [0.05, 0.1) is 5.60 Å². The summed E-state index contributed by atoms with van der Waals surface area (Å²) in [6.07, 6.45) is 0. The quantitative estimate of drug-likeness (QED) is 0.845. The summed E-state index contributed by atoms with van der Waals surface area (Å²) in [6.45, 7) is 8.69. The maximum absolute atomic E-state index is 10.1. The monoisotopic (exact) mass is 255 g/mol. The Hall–Kier alpha value is -0.570. The molecule has 3 heteroatoms. The van der Waals surface area contributed by atoms with E-state index >= 15 is 0 Å². The minimum Gasteiger partial charge on any atom is -0.390 e. The summed E-state index contributed by atoms with van der Waals surface area (Å²) in [5, 5.41) is 14.3. The van der Waals surface area contributed by atoms with Crippen LogP contribution in [0.3, 0.4) is 0 Å². The van der Waals surface area contributed by atoms with Crippen LogP contribution in [-0.2, 0) is 0 Å². The van der Waals surface area contributed by atoms with Crippen molar-refractivity contribution in [2.24, 2.45) is 5.92 Å². The summed E-state index contributed by atoms with van der Waals surface area (Å²) in [5.41, 5.74) is 0.442. The average molecular weight is 256 g/mol. The van der Waals surface area contributed by atoms with Crippen molar-refractivity contribution < 1.29 is 5.11 Å². The molecule has 17 heavy (non-hydrogen) atoms. The van der Waals surface area contributed by atoms with Crippen LogP contribution in [0.2, 0.25) is 5.02 Å². The van der Waals surface area contributed by atoms with Gasteiger partial charge in [-0.1, -0.05) is 37.6 Å². The molecule has 0 amide bonds. The number of rotatable bonds is 5. The fourth-order valence-electron chi connectivity index (χ4n) is 1.88. The van der Waals surface area contributed by atoms with Gasteiger partial charge in [0.25, 0.3) is 0 Å². The highest BCUT2D eigenvalue weighted by molar-refractivity contribution is 6.30. The van der Waals surface area contributed by atoms with Crippen molar-refractivity contribution in [3.8, 4) is 0 Å². The van der Waals surface area contributed by atoms with Gasteiger partial charge in [0.2, 0.25) is 0 Å². The fourth-order valence-corrected chi connectivity index (χ4v) is 2.01. The zero-order chi connectivity index (χ0) is 13.1. The topological polar surface area (TPSA) is 32.3 Å². The number of aliphatic hydroxyl groups is 1. The number of nitrogens with one attached hydrogen (secondary N) is 1. The van der Waals surface area contributed by atoms with Crippen LogP contribution < -0.4 is 5.32 Å². The zero-order valence-electron chi connectivity index (χ0n) is 11.0. The standard InChI is InChI=1S/C14H22ClNO/c1-5-16-13(10(2)14(3,4)17)11-6-8-12(15)9-7-11/h6-10,13,16-17H,5H2,1-4H3. The summed E-state index contributed by atoms with van der Waals surface area (Å²) >= 11 is 5.89. The average Bonchev–Trinajstić information content (AvgIpc) is 2.25. The minimum absolute atomic E-state index is 0.114. The number of halogens is 1. The predicted octanol–water partition coefficient (Wildman–Crippen LogP) is 3.40. The second kappa shape index (κ2) is 5.85. The third kappa shape index (κ3) is 3.98. The van der Waals surface area contributed by atoms with Gasteiger partial charge in [0.15, 0.2) is 0 Å². The molecule has 0 aliphatic heterocycles. The van der Waals surface area contributed by atoms with Crippen LogP contribution >= 0.6 is 11.6 Å². The first kappa shape index (κ1) is 14.5. The van der Waals surface area contributed by atoms with E-state index in [4.69, 9.17) is 11.6 Å². The molecule has 0 saturated heterocycles. The second-order valence-electron chi connectivity index (χ2n) is 5.03. The Labute approximate surface area is 109 Å². The van der Waals surface area contributed by atoms with Crippen LogP contribution in [0, 0.1) is 5.92 Å². The summed E-state index contributed by atoms with van der Waals surface area (Å²) in [4.78, 5) is 0. The number of hydrogen-bond donors (Lipinski definition) is 2. The maximum Gasteiger partial charge on any atom is 0.0635 e. The van der Waals surface area contributed by atoms with E-state index < -0.39 is 5.60 Å². The van der Waals surface area contributed by atoms with E-state index in [0.29, 0.717) is 0 Å². The minimum atomic E-state index is -0.716. The van der Waals surface area contributed by atoms with Crippen LogP contribution in [-0.4, -0.2) is 17.3 Å². The largest absolute Gasteiger partial charge is 0.390 e. The van der Waals surface area contributed by atoms with E-state index in [1.165, 1.54) is 0 Å². The highest BCUT2D eigenvalue weighted by atomic mass is 35.5. The second-order valence-corrected chi connectivity index (χ2v) is 5.47. The molecule has 0 aliphatic carbocycles. The van der Waals surface area contributed by atoms with Gasteiger partial charge < -0.3 is 10.4 Å². The van der Waals surface area contributed by atoms with E-state index in [-0.39, 0.29) is 12.0 Å². The highest BCUT2D eigenvalue weighted by Crippen LogP contribution is 2.30. The molecule has 2 atom stereocenters. The van der Waals surface area contributed by atoms with Gasteiger partial charge in [-0.15, -0.1) is 0 Å². The molecule has 1 rings (SSSR count). The zero-order valence-corrected chi connectivity index (χ0v) is 11.8. The molecular weight excluding hydrogens is 234 g/mol. The summed E-state index contributed by atoms with van der Waals surface area (Å²) in [6, 6.07) is 7.93. The Bertz CT molecular complexity index is 342. The third-order valence-corrected chi connectivity index (χ3v) is 3.52. The molecule has 0 spiro atoms. The van der Waals surface area contributed by atoms with Gasteiger partial charge in [-0.05, 0) is 38.1 Å². The van der Waals surface area contributed by atoms with Crippen molar-refractivity contribution in [3.63, 3.8) is 0 Å². The van der Waals surface area contributed by atoms with Gasteiger partial charge in [0.1, 0.15) is 0 Å². The number of benzene rings is 1. The van der Waals surface area contributed by atoms with Crippen molar-refractivity contribution in [1.29, 1.82) is 0 Å². The van der Waals surface area contributed by atoms with Crippen LogP contribution in [0.4, 0.5) is 0 Å². The van der Waals surface area contributed by atoms with Crippen molar-refractivity contribution in [2.45, 2.75) is 39.3 Å². The van der Waals surface area contributed by atoms with Gasteiger partial charge >= 0.3 is 0 Å². The molecule has 0 heterocycles. The van der Waals surface area contributed by atoms with Gasteiger partial charge in [0, 0.05) is 17.0 Å². The molecule has 96 valence electrons. The van der Waals surface area contributed by atoms with Crippen molar-refractivity contribution >= 4 is 11.6 Å². The lowest BCUT2D eigenvalue weighted by molar-refractivity contribution is 0.00785. The Kier molecular flexibility index (Phi) is 4.99. The van der Waals surface area contributed by atoms with Crippen LogP contribution in [0.1, 0.15) is 39.3 Å². The van der Waals surface area contributed by atoms with Crippen LogP contribution in [0.25, 0.3) is 0 Å². The first-order valence-corrected chi connectivity index (χ1v) is 6.45. The molecule has 0 aromatic heterocycles. The molecule has 0 radical (unpaired) electrons. The maximum atomic E-state index is 10.1. The molecule has 0 aliphatic rings. The summed E-state index contributed by atoms with van der Waals surface area (Å²) < 4.78 is 0. The summed E-state index contributed by atoms with van der Waals surface area (Å²) in [7, 11) is 0. The van der Waals surface area contributed by atoms with E-state index in [1.54, 1.807) is 0 Å². The van der Waals surface area contributed by atoms with E-state index in [9.17, 15) is 5.11 Å². The lowest BCUT2D eigenvalue weighted by atomic mass is 9.83. The molecule has 1 aromatic rings. The smallest absolute Gasteiger partial charge is 0.0635 e. The molecular formula is C14H22ClNO. The molecule has 0 bridgehead atoms. The van der Waals surface area contributed by atoms with Gasteiger partial charge in [-0.2, -0.15) is 0 Å². The molecule has 1 aromatic carbocycles. The Balaban J connectivity index is 2.96. The third-order valence-electron chi connectivity index (χ3n) is 3.27. The lowest BCUT2D eigenvalue weighted by Crippen LogP contribution is -2.39. The van der Waals surface area contributed by atoms with E-state index in [2.05, 4.69) is 19.2 Å². The summed E-state index contributed by atoms with van der Waals surface area (Å²) in [5.74, 6) is 0.114. The molecule has 2 nitrogen and oxygen atoms in total. The Morgan fingerprint density at radius 1 is 1.29 bits per heavy atom. The van der Waals surface area contributed by atoms with Gasteiger partial charge in [-0.25, -0.2) is 0 Å². The van der Waals surface area contributed by atoms with Crippen molar-refractivity contribution in [3.05, 3.63) is 34.9 Å². The highest BCUT2D eigenvalue weighted by Gasteiger charge is 2.30.